The maximum absolute atomic E-state index is 13.2. The van der Waals surface area contributed by atoms with Crippen LogP contribution in [-0.2, 0) is 28.9 Å². The van der Waals surface area contributed by atoms with E-state index in [9.17, 15) is 18.0 Å². The van der Waals surface area contributed by atoms with Gasteiger partial charge in [0.2, 0.25) is 5.91 Å². The van der Waals surface area contributed by atoms with Crippen LogP contribution in [0.5, 0.6) is 0 Å². The molecule has 3 N–H and O–H groups in total. The Labute approximate surface area is 235 Å². The van der Waals surface area contributed by atoms with E-state index < -0.39 is 17.5 Å². The number of methoxy groups -OCH3 is 1. The van der Waals surface area contributed by atoms with Gasteiger partial charge in [-0.1, -0.05) is 47.6 Å². The number of hydrogen-bond donors (Lipinski definition) is 2. The number of rotatable bonds is 10. The minimum Gasteiger partial charge on any atom is -0.398 e. The van der Waals surface area contributed by atoms with Crippen LogP contribution in [0, 0.1) is 5.41 Å². The third kappa shape index (κ3) is 6.22. The number of benzene rings is 2. The van der Waals surface area contributed by atoms with Gasteiger partial charge in [0.05, 0.1) is 23.4 Å². The quantitative estimate of drug-likeness (QED) is 0.252. The second-order valence-electron chi connectivity index (χ2n) is 10.0. The number of nitrogens with one attached hydrogen (secondary N) is 1. The summed E-state index contributed by atoms with van der Waals surface area (Å²) in [5, 5.41) is 3.50. The Balaban J connectivity index is 1.43. The maximum Gasteiger partial charge on any atom is 0.403 e. The Morgan fingerprint density at radius 1 is 1.18 bits per heavy atom. The number of ether oxygens (including phenoxy) is 1. The Kier molecular flexibility index (Phi) is 8.81. The Hall–Kier alpha value is -2.07. The summed E-state index contributed by atoms with van der Waals surface area (Å²) in [5.41, 5.74) is 7.72. The number of carbonyl (C=O) groups excluding carboxylic acids is 1. The van der Waals surface area contributed by atoms with E-state index in [1.54, 1.807) is 31.4 Å². The molecule has 2 aromatic carbocycles. The van der Waals surface area contributed by atoms with Gasteiger partial charge in [0.1, 0.15) is 5.41 Å². The van der Waals surface area contributed by atoms with E-state index in [4.69, 9.17) is 45.9 Å². The molecule has 4 rings (SSSR count). The zero-order valence-corrected chi connectivity index (χ0v) is 23.3. The van der Waals surface area contributed by atoms with Crippen LogP contribution in [0.25, 0.3) is 0 Å². The molecule has 1 aliphatic carbocycles. The van der Waals surface area contributed by atoms with Crippen molar-refractivity contribution in [1.82, 2.24) is 5.32 Å². The molecule has 0 aromatic heterocycles. The zero-order chi connectivity index (χ0) is 27.7. The maximum atomic E-state index is 13.2. The van der Waals surface area contributed by atoms with Gasteiger partial charge in [-0.05, 0) is 60.6 Å². The van der Waals surface area contributed by atoms with Gasteiger partial charge in [0.15, 0.2) is 0 Å². The van der Waals surface area contributed by atoms with Gasteiger partial charge in [0, 0.05) is 48.6 Å². The summed E-state index contributed by atoms with van der Waals surface area (Å²) in [4.78, 5) is 15.1. The summed E-state index contributed by atoms with van der Waals surface area (Å²) in [5.74, 6) is -0.989. The van der Waals surface area contributed by atoms with Gasteiger partial charge in [0.25, 0.3) is 0 Å². The fourth-order valence-corrected chi connectivity index (χ4v) is 5.76. The van der Waals surface area contributed by atoms with Crippen LogP contribution in [0.2, 0.25) is 10.0 Å². The molecule has 38 heavy (non-hydrogen) atoms. The molecule has 1 heterocycles. The number of alkyl halides is 3. The lowest BCUT2D eigenvalue weighted by Crippen LogP contribution is -2.40. The predicted molar refractivity (Wildman–Crippen MR) is 149 cm³/mol. The van der Waals surface area contributed by atoms with Gasteiger partial charge >= 0.3 is 6.18 Å². The number of nitrogens with two attached hydrogens (primary N) is 1. The van der Waals surface area contributed by atoms with E-state index in [-0.39, 0.29) is 25.4 Å². The Bertz CT molecular complexity index is 1220. The molecule has 0 radical (unpaired) electrons. The van der Waals surface area contributed by atoms with Crippen LogP contribution in [0.1, 0.15) is 42.4 Å². The van der Waals surface area contributed by atoms with Crippen LogP contribution >= 0.6 is 35.4 Å². The van der Waals surface area contributed by atoms with Crippen molar-refractivity contribution in [1.29, 1.82) is 0 Å². The highest BCUT2D eigenvalue weighted by Crippen LogP contribution is 2.57. The molecule has 0 unspecified atom stereocenters. The molecule has 1 saturated heterocycles. The molecule has 206 valence electrons. The van der Waals surface area contributed by atoms with E-state index in [1.165, 1.54) is 0 Å². The second kappa shape index (κ2) is 11.6. The molecular formula is C27H30Cl2F3N3O2S. The Morgan fingerprint density at radius 2 is 1.89 bits per heavy atom. The minimum atomic E-state index is -4.54. The smallest absolute Gasteiger partial charge is 0.398 e. The van der Waals surface area contributed by atoms with E-state index >= 15 is 0 Å². The third-order valence-corrected chi connectivity index (χ3v) is 8.28. The summed E-state index contributed by atoms with van der Waals surface area (Å²) >= 11 is 18.6. The van der Waals surface area contributed by atoms with Crippen molar-refractivity contribution in [3.63, 3.8) is 0 Å². The lowest BCUT2D eigenvalue weighted by Gasteiger charge is -2.28. The van der Waals surface area contributed by atoms with Crippen molar-refractivity contribution in [3.8, 4) is 0 Å². The van der Waals surface area contributed by atoms with Crippen LogP contribution in [0.3, 0.4) is 0 Å². The average molecular weight is 589 g/mol. The van der Waals surface area contributed by atoms with Gasteiger partial charge in [-0.3, -0.25) is 4.79 Å². The average Bonchev–Trinajstić information content (AvgIpc) is 3.56. The van der Waals surface area contributed by atoms with Crippen molar-refractivity contribution in [2.24, 2.45) is 5.41 Å². The highest BCUT2D eigenvalue weighted by molar-refractivity contribution is 7.80. The molecule has 11 heteroatoms. The Morgan fingerprint density at radius 3 is 2.55 bits per heavy atom. The molecule has 1 atom stereocenters. The first-order valence-electron chi connectivity index (χ1n) is 12.4. The summed E-state index contributed by atoms with van der Waals surface area (Å²) < 4.78 is 45.0. The highest BCUT2D eigenvalue weighted by atomic mass is 35.5. The fraction of sp³-hybridized carbons (Fsp3) is 0.481. The number of amides is 1. The first-order chi connectivity index (χ1) is 17.9. The van der Waals surface area contributed by atoms with Crippen LogP contribution in [0.15, 0.2) is 30.3 Å². The normalized spacial score (nSPS) is 18.5. The first-order valence-corrected chi connectivity index (χ1v) is 13.6. The largest absolute Gasteiger partial charge is 0.403 e. The molecule has 2 aliphatic rings. The third-order valence-electron chi connectivity index (χ3n) is 7.32. The topological polar surface area (TPSA) is 67.6 Å². The fourth-order valence-electron chi connectivity index (χ4n) is 4.99. The lowest BCUT2D eigenvalue weighted by atomic mass is 10.00. The minimum absolute atomic E-state index is 0.0282. The van der Waals surface area contributed by atoms with Crippen molar-refractivity contribution in [2.75, 3.05) is 30.9 Å². The summed E-state index contributed by atoms with van der Waals surface area (Å²) in [6.45, 7) is 1.46. The zero-order valence-electron chi connectivity index (χ0n) is 21.0. The first kappa shape index (κ1) is 28.9. The van der Waals surface area contributed by atoms with Crippen molar-refractivity contribution in [2.45, 2.75) is 57.3 Å². The van der Waals surface area contributed by atoms with Crippen molar-refractivity contribution < 1.29 is 22.7 Å². The summed E-state index contributed by atoms with van der Waals surface area (Å²) in [7, 11) is 1.69. The standard InChI is InChI=1S/C27H30Cl2F3N3O2S/c1-37-15-19-3-2-8-35(19)24-12-18(23(33)13-22(24)29)11-20(38)10-17-9-16(4-5-21(17)28)14-34-25(36)26(6-7-26)27(30,31)32/h4-5,9,12-13,19H,2-3,6-8,10-11,14-15,33H2,1H3,(H,34,36)/t19-/m0/s1. The van der Waals surface area contributed by atoms with Crippen LogP contribution in [0.4, 0.5) is 24.5 Å². The SMILES string of the molecule is COC[C@@H]1CCCN1c1cc(CC(=S)Cc2cc(CNC(=O)C3(C(F)(F)F)CC3)ccc2Cl)c(N)cc1Cl. The number of hydrogen-bond acceptors (Lipinski definition) is 5. The van der Waals surface area contributed by atoms with Crippen LogP contribution < -0.4 is 16.0 Å². The van der Waals surface area contributed by atoms with Gasteiger partial charge < -0.3 is 20.7 Å². The monoisotopic (exact) mass is 587 g/mol. The lowest BCUT2D eigenvalue weighted by molar-refractivity contribution is -0.192. The van der Waals surface area contributed by atoms with E-state index in [1.807, 2.05) is 6.07 Å². The van der Waals surface area contributed by atoms with Crippen molar-refractivity contribution >= 4 is 57.6 Å². The molecule has 2 fully saturated rings. The predicted octanol–water partition coefficient (Wildman–Crippen LogP) is 6.30. The number of anilines is 2. The molecule has 1 saturated carbocycles. The van der Waals surface area contributed by atoms with Gasteiger partial charge in [-0.2, -0.15) is 13.2 Å². The van der Waals surface area contributed by atoms with Crippen LogP contribution in [-0.4, -0.2) is 43.3 Å². The number of carbonyl (C=O) groups is 1. The second-order valence-corrected chi connectivity index (χ2v) is 11.4. The van der Waals surface area contributed by atoms with E-state index in [0.717, 1.165) is 36.2 Å². The molecule has 1 aliphatic heterocycles. The summed E-state index contributed by atoms with van der Waals surface area (Å²) in [6, 6.07) is 9.08. The number of nitrogen functional groups attached to an aromatic ring is 1. The van der Waals surface area contributed by atoms with E-state index in [2.05, 4.69) is 10.2 Å². The summed E-state index contributed by atoms with van der Waals surface area (Å²) in [6.07, 6.45) is -2.03. The molecule has 5 nitrogen and oxygen atoms in total. The number of nitrogens with zero attached hydrogens (tertiary/aromatic N) is 1. The molecule has 0 spiro atoms. The number of halogens is 5. The van der Waals surface area contributed by atoms with Gasteiger partial charge in [-0.15, -0.1) is 0 Å². The number of thiocarbonyl (C=S) groups is 1. The highest BCUT2D eigenvalue weighted by Gasteiger charge is 2.68. The molecule has 2 aromatic rings. The van der Waals surface area contributed by atoms with Crippen molar-refractivity contribution in [3.05, 3.63) is 57.1 Å². The van der Waals surface area contributed by atoms with Gasteiger partial charge in [-0.25, -0.2) is 0 Å². The van der Waals surface area contributed by atoms with E-state index in [0.29, 0.717) is 45.6 Å². The molecule has 0 bridgehead atoms. The molecular weight excluding hydrogens is 558 g/mol. The molecule has 1 amide bonds.